The number of ether oxygens (including phenoxy) is 1. The number of nitrogens with zero attached hydrogens (tertiary/aromatic N) is 2. The second-order valence-corrected chi connectivity index (χ2v) is 5.70. The summed E-state index contributed by atoms with van der Waals surface area (Å²) in [6.07, 6.45) is 0. The van der Waals surface area contributed by atoms with Crippen LogP contribution in [0.5, 0.6) is 5.75 Å². The molecule has 1 aromatic heterocycles. The van der Waals surface area contributed by atoms with Gasteiger partial charge in [0.2, 0.25) is 5.95 Å². The van der Waals surface area contributed by atoms with Crippen molar-refractivity contribution in [3.63, 3.8) is 0 Å². The van der Waals surface area contributed by atoms with Crippen LogP contribution >= 0.6 is 0 Å². The van der Waals surface area contributed by atoms with Crippen LogP contribution in [0, 0.1) is 6.92 Å². The number of para-hydroxylation sites is 2. The van der Waals surface area contributed by atoms with Crippen LogP contribution < -0.4 is 15.4 Å². The van der Waals surface area contributed by atoms with E-state index in [1.807, 2.05) is 61.5 Å². The standard InChI is InChI=1S/C20H20N4O2/c1-14-12-17(24-20(22-14)23-16-9-4-3-5-10-16)19(25)21-13-15-8-6-7-11-18(15)26-2/h3-12H,13H2,1-2H3,(H,21,25)(H,22,23,24). The SMILES string of the molecule is COc1ccccc1CNC(=O)c1cc(C)nc(Nc2ccccc2)n1. The summed E-state index contributed by atoms with van der Waals surface area (Å²) in [5, 5.41) is 5.98. The summed E-state index contributed by atoms with van der Waals surface area (Å²) in [6, 6.07) is 18.8. The lowest BCUT2D eigenvalue weighted by atomic mass is 10.2. The lowest BCUT2D eigenvalue weighted by molar-refractivity contribution is 0.0945. The number of methoxy groups -OCH3 is 1. The largest absolute Gasteiger partial charge is 0.496 e. The van der Waals surface area contributed by atoms with Gasteiger partial charge in [0.25, 0.3) is 5.91 Å². The molecule has 0 bridgehead atoms. The Hall–Kier alpha value is -3.41. The number of rotatable bonds is 6. The van der Waals surface area contributed by atoms with Crippen LogP contribution in [0.4, 0.5) is 11.6 Å². The molecular formula is C20H20N4O2. The van der Waals surface area contributed by atoms with Gasteiger partial charge in [0.1, 0.15) is 11.4 Å². The van der Waals surface area contributed by atoms with Gasteiger partial charge in [-0.1, -0.05) is 36.4 Å². The van der Waals surface area contributed by atoms with Gasteiger partial charge in [-0.3, -0.25) is 4.79 Å². The minimum absolute atomic E-state index is 0.266. The highest BCUT2D eigenvalue weighted by Crippen LogP contribution is 2.17. The van der Waals surface area contributed by atoms with Crippen molar-refractivity contribution >= 4 is 17.5 Å². The van der Waals surface area contributed by atoms with Crippen molar-refractivity contribution in [1.82, 2.24) is 15.3 Å². The van der Waals surface area contributed by atoms with E-state index in [9.17, 15) is 4.79 Å². The Labute approximate surface area is 152 Å². The molecule has 0 aliphatic rings. The van der Waals surface area contributed by atoms with Gasteiger partial charge in [0, 0.05) is 23.5 Å². The fourth-order valence-corrected chi connectivity index (χ4v) is 2.51. The first-order chi connectivity index (χ1) is 12.7. The number of carbonyl (C=O) groups is 1. The molecule has 3 rings (SSSR count). The van der Waals surface area contributed by atoms with E-state index in [0.717, 1.165) is 17.0 Å². The van der Waals surface area contributed by atoms with Crippen LogP contribution in [0.25, 0.3) is 0 Å². The van der Waals surface area contributed by atoms with Crippen molar-refractivity contribution in [3.05, 3.63) is 77.6 Å². The van der Waals surface area contributed by atoms with Crippen molar-refractivity contribution in [3.8, 4) is 5.75 Å². The average molecular weight is 348 g/mol. The molecule has 2 aromatic carbocycles. The first kappa shape index (κ1) is 17.4. The Bertz CT molecular complexity index is 897. The molecule has 0 aliphatic carbocycles. The van der Waals surface area contributed by atoms with E-state index in [1.165, 1.54) is 0 Å². The van der Waals surface area contributed by atoms with E-state index in [0.29, 0.717) is 23.9 Å². The minimum Gasteiger partial charge on any atom is -0.496 e. The number of hydrogen-bond acceptors (Lipinski definition) is 5. The third-order valence-corrected chi connectivity index (χ3v) is 3.75. The predicted octanol–water partition coefficient (Wildman–Crippen LogP) is 3.47. The Morgan fingerprint density at radius 1 is 1.04 bits per heavy atom. The number of aromatic nitrogens is 2. The summed E-state index contributed by atoms with van der Waals surface area (Å²) in [5.74, 6) is 0.856. The fourth-order valence-electron chi connectivity index (χ4n) is 2.51. The fraction of sp³-hybridized carbons (Fsp3) is 0.150. The van der Waals surface area contributed by atoms with E-state index in [4.69, 9.17) is 4.74 Å². The number of nitrogens with one attached hydrogen (secondary N) is 2. The van der Waals surface area contributed by atoms with E-state index in [-0.39, 0.29) is 5.91 Å². The van der Waals surface area contributed by atoms with Crippen molar-refractivity contribution in [2.75, 3.05) is 12.4 Å². The molecule has 0 aliphatic heterocycles. The average Bonchev–Trinajstić information content (AvgIpc) is 2.66. The van der Waals surface area contributed by atoms with Crippen LogP contribution in [0.2, 0.25) is 0 Å². The van der Waals surface area contributed by atoms with Gasteiger partial charge in [-0.05, 0) is 31.2 Å². The molecular weight excluding hydrogens is 328 g/mol. The third kappa shape index (κ3) is 4.36. The van der Waals surface area contributed by atoms with Crippen molar-refractivity contribution < 1.29 is 9.53 Å². The molecule has 0 fully saturated rings. The maximum absolute atomic E-state index is 12.5. The van der Waals surface area contributed by atoms with Crippen LogP contribution in [0.15, 0.2) is 60.7 Å². The minimum atomic E-state index is -0.266. The highest BCUT2D eigenvalue weighted by molar-refractivity contribution is 5.92. The molecule has 26 heavy (non-hydrogen) atoms. The van der Waals surface area contributed by atoms with Gasteiger partial charge in [-0.2, -0.15) is 0 Å². The van der Waals surface area contributed by atoms with Gasteiger partial charge < -0.3 is 15.4 Å². The van der Waals surface area contributed by atoms with Gasteiger partial charge in [-0.25, -0.2) is 9.97 Å². The number of hydrogen-bond donors (Lipinski definition) is 2. The lowest BCUT2D eigenvalue weighted by Gasteiger charge is -2.11. The van der Waals surface area contributed by atoms with Crippen molar-refractivity contribution in [2.24, 2.45) is 0 Å². The lowest BCUT2D eigenvalue weighted by Crippen LogP contribution is -2.24. The Balaban J connectivity index is 1.73. The zero-order valence-electron chi connectivity index (χ0n) is 14.7. The number of carbonyl (C=O) groups excluding carboxylic acids is 1. The van der Waals surface area contributed by atoms with Gasteiger partial charge in [-0.15, -0.1) is 0 Å². The van der Waals surface area contributed by atoms with Crippen LogP contribution in [-0.4, -0.2) is 23.0 Å². The second kappa shape index (κ2) is 8.11. The molecule has 0 unspecified atom stereocenters. The first-order valence-electron chi connectivity index (χ1n) is 8.23. The molecule has 0 saturated carbocycles. The molecule has 0 spiro atoms. The van der Waals surface area contributed by atoms with Gasteiger partial charge >= 0.3 is 0 Å². The molecule has 0 radical (unpaired) electrons. The molecule has 1 heterocycles. The molecule has 0 atom stereocenters. The van der Waals surface area contributed by atoms with Crippen LogP contribution in [0.1, 0.15) is 21.7 Å². The van der Waals surface area contributed by atoms with Crippen LogP contribution in [-0.2, 0) is 6.54 Å². The summed E-state index contributed by atoms with van der Waals surface area (Å²) in [6.45, 7) is 2.18. The van der Waals surface area contributed by atoms with Crippen molar-refractivity contribution in [2.45, 2.75) is 13.5 Å². The summed E-state index contributed by atoms with van der Waals surface area (Å²) in [7, 11) is 1.61. The third-order valence-electron chi connectivity index (χ3n) is 3.75. The predicted molar refractivity (Wildman–Crippen MR) is 101 cm³/mol. The number of aryl methyl sites for hydroxylation is 1. The normalized spacial score (nSPS) is 10.2. The molecule has 6 nitrogen and oxygen atoms in total. The smallest absolute Gasteiger partial charge is 0.270 e. The zero-order chi connectivity index (χ0) is 18.4. The summed E-state index contributed by atoms with van der Waals surface area (Å²) < 4.78 is 5.30. The number of amides is 1. The number of benzene rings is 2. The first-order valence-corrected chi connectivity index (χ1v) is 8.23. The Kier molecular flexibility index (Phi) is 5.43. The van der Waals surface area contributed by atoms with Gasteiger partial charge in [0.05, 0.1) is 7.11 Å². The van der Waals surface area contributed by atoms with E-state index >= 15 is 0 Å². The van der Waals surface area contributed by atoms with E-state index in [1.54, 1.807) is 13.2 Å². The van der Waals surface area contributed by atoms with Gasteiger partial charge in [0.15, 0.2) is 0 Å². The quantitative estimate of drug-likeness (QED) is 0.713. The summed E-state index contributed by atoms with van der Waals surface area (Å²) >= 11 is 0. The second-order valence-electron chi connectivity index (χ2n) is 5.70. The van der Waals surface area contributed by atoms with E-state index in [2.05, 4.69) is 20.6 Å². The highest BCUT2D eigenvalue weighted by Gasteiger charge is 2.12. The molecule has 132 valence electrons. The molecule has 6 heteroatoms. The molecule has 3 aromatic rings. The summed E-state index contributed by atoms with van der Waals surface area (Å²) in [4.78, 5) is 21.2. The number of anilines is 2. The maximum atomic E-state index is 12.5. The maximum Gasteiger partial charge on any atom is 0.270 e. The summed E-state index contributed by atoms with van der Waals surface area (Å²) in [5.41, 5.74) is 2.78. The molecule has 2 N–H and O–H groups in total. The monoisotopic (exact) mass is 348 g/mol. The highest BCUT2D eigenvalue weighted by atomic mass is 16.5. The molecule has 0 saturated heterocycles. The Morgan fingerprint density at radius 2 is 1.77 bits per heavy atom. The van der Waals surface area contributed by atoms with Crippen LogP contribution in [0.3, 0.4) is 0 Å². The van der Waals surface area contributed by atoms with E-state index < -0.39 is 0 Å². The molecule has 1 amide bonds. The van der Waals surface area contributed by atoms with Crippen molar-refractivity contribution in [1.29, 1.82) is 0 Å². The topological polar surface area (TPSA) is 76.1 Å². The Morgan fingerprint density at radius 3 is 2.54 bits per heavy atom. The zero-order valence-corrected chi connectivity index (χ0v) is 14.7.